The first-order valence-electron chi connectivity index (χ1n) is 3.94. The lowest BCUT2D eigenvalue weighted by molar-refractivity contribution is -0.118. The van der Waals surface area contributed by atoms with Crippen LogP contribution in [0.2, 0.25) is 0 Å². The molecule has 0 aromatic carbocycles. The highest BCUT2D eigenvalue weighted by Gasteiger charge is 2.05. The number of carbonyl (C=O) groups excluding carboxylic acids is 1. The average molecular weight is 200 g/mol. The summed E-state index contributed by atoms with van der Waals surface area (Å²) in [7, 11) is 0. The Kier molecular flexibility index (Phi) is 3.36. The minimum atomic E-state index is -0.128. The van der Waals surface area contributed by atoms with E-state index in [9.17, 15) is 4.79 Å². The maximum Gasteiger partial charge on any atom is 0.230 e. The van der Waals surface area contributed by atoms with E-state index in [0.29, 0.717) is 12.4 Å². The fourth-order valence-electron chi connectivity index (χ4n) is 0.845. The van der Waals surface area contributed by atoms with Gasteiger partial charge in [0.1, 0.15) is 5.76 Å². The molecule has 5 heteroatoms. The number of hydrogen-bond acceptors (Lipinski definition) is 4. The molecule has 72 valence electrons. The van der Waals surface area contributed by atoms with E-state index in [-0.39, 0.29) is 11.7 Å². The second kappa shape index (κ2) is 4.32. The van der Waals surface area contributed by atoms with Crippen molar-refractivity contribution < 1.29 is 9.21 Å². The van der Waals surface area contributed by atoms with Crippen LogP contribution >= 0.6 is 12.6 Å². The first kappa shape index (κ1) is 10.1. The third kappa shape index (κ3) is 2.77. The van der Waals surface area contributed by atoms with Crippen molar-refractivity contribution in [1.29, 1.82) is 0 Å². The summed E-state index contributed by atoms with van der Waals surface area (Å²) in [5.74, 6) is 1.37. The number of oxazole rings is 1. The Morgan fingerprint density at radius 3 is 2.77 bits per heavy atom. The van der Waals surface area contributed by atoms with Crippen LogP contribution < -0.4 is 5.32 Å². The van der Waals surface area contributed by atoms with Crippen LogP contribution in [0.5, 0.6) is 0 Å². The summed E-state index contributed by atoms with van der Waals surface area (Å²) in [4.78, 5) is 14.9. The Morgan fingerprint density at radius 1 is 1.62 bits per heavy atom. The van der Waals surface area contributed by atoms with Crippen LogP contribution in [0.4, 0.5) is 0 Å². The van der Waals surface area contributed by atoms with E-state index in [2.05, 4.69) is 22.9 Å². The maximum absolute atomic E-state index is 10.8. The van der Waals surface area contributed by atoms with Gasteiger partial charge in [-0.15, -0.1) is 0 Å². The molecule has 1 heterocycles. The van der Waals surface area contributed by atoms with Crippen LogP contribution in [0.15, 0.2) is 4.42 Å². The highest BCUT2D eigenvalue weighted by atomic mass is 32.1. The van der Waals surface area contributed by atoms with Gasteiger partial charge in [0.15, 0.2) is 0 Å². The normalized spacial score (nSPS) is 10.1. The van der Waals surface area contributed by atoms with Gasteiger partial charge in [0.25, 0.3) is 0 Å². The molecule has 13 heavy (non-hydrogen) atoms. The largest absolute Gasteiger partial charge is 0.444 e. The van der Waals surface area contributed by atoms with Crippen molar-refractivity contribution in [3.05, 3.63) is 17.3 Å². The van der Waals surface area contributed by atoms with E-state index in [4.69, 9.17) is 4.42 Å². The average Bonchev–Trinajstić information content (AvgIpc) is 2.42. The molecule has 0 bridgehead atoms. The number of carbonyl (C=O) groups is 1. The van der Waals surface area contributed by atoms with Crippen LogP contribution in [-0.4, -0.2) is 16.6 Å². The quantitative estimate of drug-likeness (QED) is 0.711. The molecule has 1 aromatic rings. The Morgan fingerprint density at radius 2 is 2.31 bits per heavy atom. The van der Waals surface area contributed by atoms with Gasteiger partial charge in [0, 0.05) is 0 Å². The van der Waals surface area contributed by atoms with E-state index in [0.717, 1.165) is 11.5 Å². The van der Waals surface area contributed by atoms with E-state index < -0.39 is 0 Å². The Bertz CT molecular complexity index is 290. The number of aromatic nitrogens is 1. The zero-order valence-corrected chi connectivity index (χ0v) is 8.52. The third-order valence-corrected chi connectivity index (χ3v) is 1.94. The molecule has 1 amide bonds. The smallest absolute Gasteiger partial charge is 0.230 e. The van der Waals surface area contributed by atoms with Crippen LogP contribution in [0.3, 0.4) is 0 Å². The molecule has 0 spiro atoms. The number of nitrogens with zero attached hydrogens (tertiary/aromatic N) is 1. The van der Waals surface area contributed by atoms with E-state index in [1.54, 1.807) is 0 Å². The molecule has 0 unspecified atom stereocenters. The molecule has 0 aliphatic rings. The molecule has 0 radical (unpaired) electrons. The summed E-state index contributed by atoms with van der Waals surface area (Å²) in [6, 6.07) is 0. The van der Waals surface area contributed by atoms with Crippen molar-refractivity contribution in [3.63, 3.8) is 0 Å². The first-order valence-corrected chi connectivity index (χ1v) is 4.57. The van der Waals surface area contributed by atoms with Crippen LogP contribution in [0, 0.1) is 13.8 Å². The van der Waals surface area contributed by atoms with Gasteiger partial charge in [-0.25, -0.2) is 4.98 Å². The highest BCUT2D eigenvalue weighted by molar-refractivity contribution is 7.81. The molecule has 0 atom stereocenters. The van der Waals surface area contributed by atoms with Gasteiger partial charge in [-0.05, 0) is 13.8 Å². The lowest BCUT2D eigenvalue weighted by Gasteiger charge is -1.97. The molecule has 1 aromatic heterocycles. The van der Waals surface area contributed by atoms with Crippen molar-refractivity contribution in [2.75, 3.05) is 5.75 Å². The molecule has 1 rings (SSSR count). The number of thiol groups is 1. The second-order valence-corrected chi connectivity index (χ2v) is 3.00. The zero-order chi connectivity index (χ0) is 9.84. The number of nitrogens with one attached hydrogen (secondary N) is 1. The molecule has 0 aliphatic heterocycles. The zero-order valence-electron chi connectivity index (χ0n) is 7.63. The van der Waals surface area contributed by atoms with Gasteiger partial charge in [-0.3, -0.25) is 4.79 Å². The SMILES string of the molecule is Cc1nc(CNC(=O)CS)oc1C. The van der Waals surface area contributed by atoms with E-state index in [1.807, 2.05) is 13.8 Å². The van der Waals surface area contributed by atoms with E-state index >= 15 is 0 Å². The van der Waals surface area contributed by atoms with Crippen LogP contribution in [0.25, 0.3) is 0 Å². The summed E-state index contributed by atoms with van der Waals surface area (Å²) in [6.45, 7) is 4.03. The summed E-state index contributed by atoms with van der Waals surface area (Å²) >= 11 is 3.82. The van der Waals surface area contributed by atoms with Gasteiger partial charge in [0.2, 0.25) is 11.8 Å². The lowest BCUT2D eigenvalue weighted by atomic mass is 10.4. The van der Waals surface area contributed by atoms with Crippen molar-refractivity contribution in [1.82, 2.24) is 10.3 Å². The van der Waals surface area contributed by atoms with Crippen molar-refractivity contribution >= 4 is 18.5 Å². The molecule has 4 nitrogen and oxygen atoms in total. The van der Waals surface area contributed by atoms with Crippen molar-refractivity contribution in [2.45, 2.75) is 20.4 Å². The van der Waals surface area contributed by atoms with Crippen molar-refractivity contribution in [3.8, 4) is 0 Å². The van der Waals surface area contributed by atoms with Crippen LogP contribution in [-0.2, 0) is 11.3 Å². The lowest BCUT2D eigenvalue weighted by Crippen LogP contribution is -2.23. The predicted octanol–water partition coefficient (Wildman–Crippen LogP) is 0.837. The molecular formula is C8H12N2O2S. The minimum Gasteiger partial charge on any atom is -0.444 e. The number of hydrogen-bond donors (Lipinski definition) is 2. The fourth-order valence-corrected chi connectivity index (χ4v) is 0.957. The first-order chi connectivity index (χ1) is 6.13. The van der Waals surface area contributed by atoms with Gasteiger partial charge in [-0.1, -0.05) is 0 Å². The molecule has 0 fully saturated rings. The molecule has 0 aliphatic carbocycles. The van der Waals surface area contributed by atoms with Gasteiger partial charge < -0.3 is 9.73 Å². The topological polar surface area (TPSA) is 55.1 Å². The number of rotatable bonds is 3. The van der Waals surface area contributed by atoms with Crippen LogP contribution in [0.1, 0.15) is 17.3 Å². The molecule has 1 N–H and O–H groups in total. The Labute approximate surface area is 82.1 Å². The summed E-state index contributed by atoms with van der Waals surface area (Å²) in [6.07, 6.45) is 0. The van der Waals surface area contributed by atoms with Gasteiger partial charge >= 0.3 is 0 Å². The fraction of sp³-hybridized carbons (Fsp3) is 0.500. The minimum absolute atomic E-state index is 0.128. The Balaban J connectivity index is 2.50. The number of aryl methyl sites for hydroxylation is 2. The molecule has 0 saturated heterocycles. The maximum atomic E-state index is 10.8. The summed E-state index contributed by atoms with van der Waals surface area (Å²) in [5, 5.41) is 2.62. The molecule has 0 saturated carbocycles. The molecular weight excluding hydrogens is 188 g/mol. The van der Waals surface area contributed by atoms with Crippen molar-refractivity contribution in [2.24, 2.45) is 0 Å². The van der Waals surface area contributed by atoms with Gasteiger partial charge in [-0.2, -0.15) is 12.6 Å². The summed E-state index contributed by atoms with van der Waals surface area (Å²) in [5.41, 5.74) is 0.857. The summed E-state index contributed by atoms with van der Waals surface area (Å²) < 4.78 is 5.26. The van der Waals surface area contributed by atoms with E-state index in [1.165, 1.54) is 0 Å². The highest BCUT2D eigenvalue weighted by Crippen LogP contribution is 2.07. The monoisotopic (exact) mass is 200 g/mol. The predicted molar refractivity (Wildman–Crippen MR) is 51.7 cm³/mol. The Hall–Kier alpha value is -0.970. The van der Waals surface area contributed by atoms with Gasteiger partial charge in [0.05, 0.1) is 18.0 Å². The second-order valence-electron chi connectivity index (χ2n) is 2.68. The third-order valence-electron chi connectivity index (χ3n) is 1.65. The standard InChI is InChI=1S/C8H12N2O2S/c1-5-6(2)12-8(10-5)3-9-7(11)4-13/h13H,3-4H2,1-2H3,(H,9,11). The number of amides is 1.